The maximum Gasteiger partial charge on any atom is 0.239 e. The molecule has 1 rings (SSSR count). The maximum atomic E-state index is 11.6. The Morgan fingerprint density at radius 3 is 2.50 bits per heavy atom. The van der Waals surface area contributed by atoms with E-state index in [0.29, 0.717) is 6.54 Å². The fourth-order valence-corrected chi connectivity index (χ4v) is 1.87. The topological polar surface area (TPSA) is 84.2 Å². The third-order valence-electron chi connectivity index (χ3n) is 2.70. The van der Waals surface area contributed by atoms with E-state index in [4.69, 9.17) is 5.73 Å². The van der Waals surface area contributed by atoms with Crippen molar-refractivity contribution < 1.29 is 9.59 Å². The Balaban J connectivity index is 0.00000225. The van der Waals surface area contributed by atoms with Gasteiger partial charge in [-0.3, -0.25) is 9.59 Å². The summed E-state index contributed by atoms with van der Waals surface area (Å²) in [5, 5.41) is 5.23. The molecule has 16 heavy (non-hydrogen) atoms. The lowest BCUT2D eigenvalue weighted by molar-refractivity contribution is -0.128. The van der Waals surface area contributed by atoms with Crippen LogP contribution in [0.15, 0.2) is 0 Å². The number of amides is 2. The highest BCUT2D eigenvalue weighted by Crippen LogP contribution is 2.23. The zero-order chi connectivity index (χ0) is 11.3. The van der Waals surface area contributed by atoms with Gasteiger partial charge in [0.1, 0.15) is 0 Å². The van der Waals surface area contributed by atoms with Gasteiger partial charge in [-0.05, 0) is 19.8 Å². The van der Waals surface area contributed by atoms with E-state index < -0.39 is 0 Å². The first-order chi connectivity index (χ1) is 7.15. The summed E-state index contributed by atoms with van der Waals surface area (Å²) in [5.41, 5.74) is 5.78. The summed E-state index contributed by atoms with van der Waals surface area (Å²) in [6.07, 6.45) is 2.74. The minimum atomic E-state index is -0.155. The normalized spacial score (nSPS) is 23.4. The second-order valence-electron chi connectivity index (χ2n) is 3.87. The van der Waals surface area contributed by atoms with E-state index in [1.165, 1.54) is 0 Å². The van der Waals surface area contributed by atoms with E-state index in [1.54, 1.807) is 0 Å². The summed E-state index contributed by atoms with van der Waals surface area (Å²) >= 11 is 0. The van der Waals surface area contributed by atoms with Crippen molar-refractivity contribution in [3.05, 3.63) is 0 Å². The van der Waals surface area contributed by atoms with Crippen LogP contribution in [-0.2, 0) is 9.59 Å². The highest BCUT2D eigenvalue weighted by Gasteiger charge is 2.30. The molecule has 0 aromatic rings. The Morgan fingerprint density at radius 2 is 2.00 bits per heavy atom. The largest absolute Gasteiger partial charge is 0.355 e. The van der Waals surface area contributed by atoms with Gasteiger partial charge >= 0.3 is 0 Å². The minimum Gasteiger partial charge on any atom is -0.355 e. The molecule has 0 bridgehead atoms. The number of nitrogens with one attached hydrogen (secondary N) is 2. The first-order valence-electron chi connectivity index (χ1n) is 5.45. The highest BCUT2D eigenvalue weighted by molar-refractivity contribution is 5.86. The summed E-state index contributed by atoms with van der Waals surface area (Å²) in [6.45, 7) is 2.47. The first-order valence-corrected chi connectivity index (χ1v) is 5.45. The molecular formula is C10H20ClN3O2. The van der Waals surface area contributed by atoms with Crippen molar-refractivity contribution in [2.24, 2.45) is 11.7 Å². The molecule has 0 aliphatic heterocycles. The van der Waals surface area contributed by atoms with Crippen LogP contribution in [-0.4, -0.2) is 30.9 Å². The minimum absolute atomic E-state index is 0. The molecule has 1 fully saturated rings. The fraction of sp³-hybridized carbons (Fsp3) is 0.800. The van der Waals surface area contributed by atoms with E-state index in [9.17, 15) is 9.59 Å². The molecule has 1 saturated carbocycles. The molecule has 6 heteroatoms. The van der Waals surface area contributed by atoms with Gasteiger partial charge in [0.15, 0.2) is 0 Å². The Hall–Kier alpha value is -0.810. The van der Waals surface area contributed by atoms with Crippen LogP contribution in [0.1, 0.15) is 26.2 Å². The molecule has 0 aromatic heterocycles. The quantitative estimate of drug-likeness (QED) is 0.645. The average Bonchev–Trinajstić information content (AvgIpc) is 2.61. The van der Waals surface area contributed by atoms with Crippen molar-refractivity contribution in [3.8, 4) is 0 Å². The van der Waals surface area contributed by atoms with Gasteiger partial charge in [-0.2, -0.15) is 0 Å². The van der Waals surface area contributed by atoms with E-state index in [-0.39, 0.29) is 42.7 Å². The zero-order valence-corrected chi connectivity index (χ0v) is 10.3. The molecule has 0 aromatic carbocycles. The van der Waals surface area contributed by atoms with Crippen molar-refractivity contribution >= 4 is 24.2 Å². The Labute approximate surface area is 102 Å². The van der Waals surface area contributed by atoms with Crippen molar-refractivity contribution in [2.45, 2.75) is 32.2 Å². The molecule has 0 radical (unpaired) electrons. The van der Waals surface area contributed by atoms with Crippen molar-refractivity contribution in [2.75, 3.05) is 13.1 Å². The van der Waals surface area contributed by atoms with Gasteiger partial charge in [-0.25, -0.2) is 0 Å². The molecule has 4 N–H and O–H groups in total. The van der Waals surface area contributed by atoms with Gasteiger partial charge in [-0.1, -0.05) is 6.42 Å². The standard InChI is InChI=1S/C10H19N3O2.ClH/c1-2-12-9(14)6-13-10(15)7-4-3-5-8(7)11;/h7-8H,2-6,11H2,1H3,(H,12,14)(H,13,15);1H. The molecule has 5 nitrogen and oxygen atoms in total. The van der Waals surface area contributed by atoms with Crippen LogP contribution in [0.3, 0.4) is 0 Å². The molecule has 2 unspecified atom stereocenters. The fourth-order valence-electron chi connectivity index (χ4n) is 1.87. The second-order valence-corrected chi connectivity index (χ2v) is 3.87. The van der Waals surface area contributed by atoms with Crippen molar-refractivity contribution in [1.82, 2.24) is 10.6 Å². The Kier molecular flexibility index (Phi) is 7.08. The van der Waals surface area contributed by atoms with Gasteiger partial charge in [0.25, 0.3) is 0 Å². The lowest BCUT2D eigenvalue weighted by Gasteiger charge is -2.14. The number of carbonyl (C=O) groups is 2. The van der Waals surface area contributed by atoms with Crippen LogP contribution in [0.25, 0.3) is 0 Å². The van der Waals surface area contributed by atoms with Crippen LogP contribution >= 0.6 is 12.4 Å². The SMILES string of the molecule is CCNC(=O)CNC(=O)C1CCCC1N.Cl. The summed E-state index contributed by atoms with van der Waals surface area (Å²) < 4.78 is 0. The molecule has 1 aliphatic carbocycles. The van der Waals surface area contributed by atoms with Crippen LogP contribution in [0, 0.1) is 5.92 Å². The van der Waals surface area contributed by atoms with Crippen LogP contribution in [0.2, 0.25) is 0 Å². The van der Waals surface area contributed by atoms with Crippen LogP contribution < -0.4 is 16.4 Å². The maximum absolute atomic E-state index is 11.6. The number of hydrogen-bond acceptors (Lipinski definition) is 3. The van der Waals surface area contributed by atoms with Crippen molar-refractivity contribution in [1.29, 1.82) is 0 Å². The van der Waals surface area contributed by atoms with E-state index in [0.717, 1.165) is 19.3 Å². The molecular weight excluding hydrogens is 230 g/mol. The third kappa shape index (κ3) is 4.37. The Bertz CT molecular complexity index is 248. The van der Waals surface area contributed by atoms with Crippen LogP contribution in [0.5, 0.6) is 0 Å². The van der Waals surface area contributed by atoms with E-state index in [1.807, 2.05) is 6.92 Å². The number of carbonyl (C=O) groups excluding carboxylic acids is 2. The van der Waals surface area contributed by atoms with Gasteiger partial charge < -0.3 is 16.4 Å². The predicted molar refractivity (Wildman–Crippen MR) is 64.3 cm³/mol. The summed E-state index contributed by atoms with van der Waals surface area (Å²) in [5.74, 6) is -0.358. The zero-order valence-electron chi connectivity index (χ0n) is 9.49. The van der Waals surface area contributed by atoms with E-state index >= 15 is 0 Å². The molecule has 0 spiro atoms. The van der Waals surface area contributed by atoms with Crippen LogP contribution in [0.4, 0.5) is 0 Å². The number of hydrogen-bond donors (Lipinski definition) is 3. The van der Waals surface area contributed by atoms with Gasteiger partial charge in [0.2, 0.25) is 11.8 Å². The summed E-state index contributed by atoms with van der Waals surface area (Å²) in [7, 11) is 0. The molecule has 94 valence electrons. The second kappa shape index (κ2) is 7.46. The van der Waals surface area contributed by atoms with Gasteiger partial charge in [0.05, 0.1) is 12.5 Å². The predicted octanol–water partition coefficient (Wildman–Crippen LogP) is -0.212. The molecule has 1 aliphatic rings. The molecule has 2 amide bonds. The molecule has 2 atom stereocenters. The molecule has 0 heterocycles. The Morgan fingerprint density at radius 1 is 1.31 bits per heavy atom. The number of likely N-dealkylation sites (N-methyl/N-ethyl adjacent to an activating group) is 1. The lowest BCUT2D eigenvalue weighted by atomic mass is 10.0. The highest BCUT2D eigenvalue weighted by atomic mass is 35.5. The summed E-state index contributed by atoms with van der Waals surface area (Å²) in [6, 6.07) is -0.0424. The van der Waals surface area contributed by atoms with E-state index in [2.05, 4.69) is 10.6 Å². The average molecular weight is 250 g/mol. The number of rotatable bonds is 4. The number of halogens is 1. The monoisotopic (exact) mass is 249 g/mol. The molecule has 0 saturated heterocycles. The lowest BCUT2D eigenvalue weighted by Crippen LogP contribution is -2.43. The first kappa shape index (κ1) is 15.2. The third-order valence-corrected chi connectivity index (χ3v) is 2.70. The number of nitrogens with two attached hydrogens (primary N) is 1. The smallest absolute Gasteiger partial charge is 0.239 e. The van der Waals surface area contributed by atoms with Gasteiger partial charge in [-0.15, -0.1) is 12.4 Å². The van der Waals surface area contributed by atoms with Crippen molar-refractivity contribution in [3.63, 3.8) is 0 Å². The van der Waals surface area contributed by atoms with Gasteiger partial charge in [0, 0.05) is 12.6 Å². The summed E-state index contributed by atoms with van der Waals surface area (Å²) in [4.78, 5) is 22.7.